The largest absolute Gasteiger partial charge is 0.476 e. The zero-order valence-electron chi connectivity index (χ0n) is 11.6. The van der Waals surface area contributed by atoms with Gasteiger partial charge in [0.15, 0.2) is 5.69 Å². The molecule has 22 heavy (non-hydrogen) atoms. The van der Waals surface area contributed by atoms with E-state index in [0.717, 1.165) is 17.1 Å². The molecule has 0 unspecified atom stereocenters. The van der Waals surface area contributed by atoms with Crippen molar-refractivity contribution >= 4 is 5.97 Å². The Morgan fingerprint density at radius 3 is 2.36 bits per heavy atom. The number of ether oxygens (including phenoxy) is 1. The van der Waals surface area contributed by atoms with Crippen LogP contribution in [0.4, 0.5) is 0 Å². The Morgan fingerprint density at radius 1 is 1.05 bits per heavy atom. The summed E-state index contributed by atoms with van der Waals surface area (Å²) in [6.45, 7) is 0. The Morgan fingerprint density at radius 2 is 1.73 bits per heavy atom. The van der Waals surface area contributed by atoms with Gasteiger partial charge in [0.25, 0.3) is 0 Å². The molecule has 0 fully saturated rings. The van der Waals surface area contributed by atoms with Gasteiger partial charge in [0.1, 0.15) is 17.3 Å². The smallest absolute Gasteiger partial charge is 0.358 e. The second-order valence-corrected chi connectivity index (χ2v) is 4.72. The number of nitrogens with zero attached hydrogens (tertiary/aromatic N) is 1. The van der Waals surface area contributed by atoms with Gasteiger partial charge < -0.3 is 14.4 Å². The first kappa shape index (κ1) is 13.9. The molecule has 0 amide bonds. The van der Waals surface area contributed by atoms with Gasteiger partial charge in [0, 0.05) is 12.5 Å². The van der Waals surface area contributed by atoms with Crippen molar-refractivity contribution < 1.29 is 19.2 Å². The number of rotatable bonds is 5. The van der Waals surface area contributed by atoms with Crippen LogP contribution in [-0.2, 0) is 6.42 Å². The summed E-state index contributed by atoms with van der Waals surface area (Å²) in [6, 6.07) is 18.5. The second-order valence-electron chi connectivity index (χ2n) is 4.72. The molecule has 0 atom stereocenters. The number of carbonyl (C=O) groups is 1. The van der Waals surface area contributed by atoms with Crippen LogP contribution in [0.2, 0.25) is 0 Å². The summed E-state index contributed by atoms with van der Waals surface area (Å²) in [5, 5.41) is 12.3. The zero-order chi connectivity index (χ0) is 15.4. The SMILES string of the molecule is O=C(O)c1cc(Cc2ccc(Oc3ccccc3)cc2)on1. The van der Waals surface area contributed by atoms with Crippen LogP contribution < -0.4 is 4.74 Å². The van der Waals surface area contributed by atoms with Crippen LogP contribution in [0.5, 0.6) is 11.5 Å². The van der Waals surface area contributed by atoms with Crippen LogP contribution in [0, 0.1) is 0 Å². The van der Waals surface area contributed by atoms with Crippen molar-refractivity contribution in [2.24, 2.45) is 0 Å². The van der Waals surface area contributed by atoms with E-state index in [-0.39, 0.29) is 5.69 Å². The van der Waals surface area contributed by atoms with Gasteiger partial charge in [-0.25, -0.2) is 4.79 Å². The van der Waals surface area contributed by atoms with Crippen molar-refractivity contribution in [1.82, 2.24) is 5.16 Å². The summed E-state index contributed by atoms with van der Waals surface area (Å²) in [6.07, 6.45) is 0.478. The van der Waals surface area contributed by atoms with Crippen LogP contribution in [0.1, 0.15) is 21.8 Å². The maximum Gasteiger partial charge on any atom is 0.358 e. The van der Waals surface area contributed by atoms with Crippen LogP contribution >= 0.6 is 0 Å². The van der Waals surface area contributed by atoms with E-state index in [4.69, 9.17) is 14.4 Å². The van der Waals surface area contributed by atoms with E-state index >= 15 is 0 Å². The van der Waals surface area contributed by atoms with Gasteiger partial charge >= 0.3 is 5.97 Å². The zero-order valence-corrected chi connectivity index (χ0v) is 11.6. The van der Waals surface area contributed by atoms with E-state index in [0.29, 0.717) is 12.2 Å². The van der Waals surface area contributed by atoms with E-state index < -0.39 is 5.97 Å². The fourth-order valence-electron chi connectivity index (χ4n) is 2.00. The summed E-state index contributed by atoms with van der Waals surface area (Å²) in [5.41, 5.74) is 0.896. The molecule has 0 spiro atoms. The number of carboxylic acid groups (broad SMARTS) is 1. The third kappa shape index (κ3) is 3.32. The highest BCUT2D eigenvalue weighted by atomic mass is 16.5. The third-order valence-corrected chi connectivity index (χ3v) is 3.06. The van der Waals surface area contributed by atoms with Crippen molar-refractivity contribution in [1.29, 1.82) is 0 Å². The molecule has 5 heteroatoms. The Kier molecular flexibility index (Phi) is 3.87. The number of benzene rings is 2. The van der Waals surface area contributed by atoms with Crippen LogP contribution in [-0.4, -0.2) is 16.2 Å². The number of hydrogen-bond donors (Lipinski definition) is 1. The van der Waals surface area contributed by atoms with Gasteiger partial charge in [-0.05, 0) is 29.8 Å². The minimum atomic E-state index is -1.10. The summed E-state index contributed by atoms with van der Waals surface area (Å²) in [4.78, 5) is 10.7. The molecular weight excluding hydrogens is 282 g/mol. The monoisotopic (exact) mass is 295 g/mol. The maximum absolute atomic E-state index is 10.7. The Labute approximate surface area is 126 Å². The van der Waals surface area contributed by atoms with Gasteiger partial charge in [0.05, 0.1) is 0 Å². The van der Waals surface area contributed by atoms with Crippen molar-refractivity contribution in [3.8, 4) is 11.5 Å². The fraction of sp³-hybridized carbons (Fsp3) is 0.0588. The molecule has 1 aromatic heterocycles. The van der Waals surface area contributed by atoms with Gasteiger partial charge in [-0.3, -0.25) is 0 Å². The summed E-state index contributed by atoms with van der Waals surface area (Å²) in [7, 11) is 0. The molecule has 3 aromatic rings. The van der Waals surface area contributed by atoms with E-state index in [1.807, 2.05) is 54.6 Å². The van der Waals surface area contributed by atoms with E-state index in [1.165, 1.54) is 6.07 Å². The standard InChI is InChI=1S/C17H13NO4/c19-17(20)16-11-15(22-18-16)10-12-6-8-14(9-7-12)21-13-4-2-1-3-5-13/h1-9,11H,10H2,(H,19,20). The maximum atomic E-state index is 10.7. The van der Waals surface area contributed by atoms with Gasteiger partial charge in [-0.15, -0.1) is 0 Å². The first-order valence-corrected chi connectivity index (χ1v) is 6.71. The highest BCUT2D eigenvalue weighted by Gasteiger charge is 2.11. The average Bonchev–Trinajstić information content (AvgIpc) is 2.99. The van der Waals surface area contributed by atoms with Gasteiger partial charge in [-0.2, -0.15) is 0 Å². The van der Waals surface area contributed by atoms with Crippen LogP contribution in [0.3, 0.4) is 0 Å². The molecule has 0 radical (unpaired) electrons. The quantitative estimate of drug-likeness (QED) is 0.776. The number of carboxylic acids is 1. The van der Waals surface area contributed by atoms with Gasteiger partial charge in [0.2, 0.25) is 0 Å². The molecule has 2 aromatic carbocycles. The molecule has 0 aliphatic rings. The molecular formula is C17H13NO4. The molecule has 0 bridgehead atoms. The Hall–Kier alpha value is -3.08. The first-order valence-electron chi connectivity index (χ1n) is 6.71. The topological polar surface area (TPSA) is 72.6 Å². The molecule has 5 nitrogen and oxygen atoms in total. The third-order valence-electron chi connectivity index (χ3n) is 3.06. The van der Waals surface area contributed by atoms with E-state index in [1.54, 1.807) is 0 Å². The fourth-order valence-corrected chi connectivity index (χ4v) is 2.00. The normalized spacial score (nSPS) is 10.4. The average molecular weight is 295 g/mol. The number of para-hydroxylation sites is 1. The number of aromatic carboxylic acids is 1. The highest BCUT2D eigenvalue weighted by molar-refractivity contribution is 5.85. The minimum Gasteiger partial charge on any atom is -0.476 e. The predicted molar refractivity (Wildman–Crippen MR) is 79.2 cm³/mol. The number of hydrogen-bond acceptors (Lipinski definition) is 4. The summed E-state index contributed by atoms with van der Waals surface area (Å²) >= 11 is 0. The Balaban J connectivity index is 1.67. The predicted octanol–water partition coefficient (Wildman–Crippen LogP) is 3.76. The van der Waals surface area contributed by atoms with Crippen molar-refractivity contribution in [2.75, 3.05) is 0 Å². The summed E-state index contributed by atoms with van der Waals surface area (Å²) < 4.78 is 10.7. The van der Waals surface area contributed by atoms with Gasteiger partial charge in [-0.1, -0.05) is 35.5 Å². The molecule has 0 saturated heterocycles. The lowest BCUT2D eigenvalue weighted by molar-refractivity contribution is 0.0685. The van der Waals surface area contributed by atoms with Crippen LogP contribution in [0.25, 0.3) is 0 Å². The summed E-state index contributed by atoms with van der Waals surface area (Å²) in [5.74, 6) is 0.922. The lowest BCUT2D eigenvalue weighted by atomic mass is 10.1. The molecule has 1 N–H and O–H groups in total. The molecule has 110 valence electrons. The van der Waals surface area contributed by atoms with E-state index in [9.17, 15) is 4.79 Å². The molecule has 0 aliphatic heterocycles. The Bertz CT molecular complexity index is 763. The first-order chi connectivity index (χ1) is 10.7. The number of aromatic nitrogens is 1. The minimum absolute atomic E-state index is 0.0842. The van der Waals surface area contributed by atoms with E-state index in [2.05, 4.69) is 5.16 Å². The molecule has 3 rings (SSSR count). The van der Waals surface area contributed by atoms with Crippen molar-refractivity contribution in [2.45, 2.75) is 6.42 Å². The lowest BCUT2D eigenvalue weighted by Crippen LogP contribution is -1.94. The lowest BCUT2D eigenvalue weighted by Gasteiger charge is -2.06. The van der Waals surface area contributed by atoms with Crippen molar-refractivity contribution in [3.63, 3.8) is 0 Å². The molecule has 0 saturated carbocycles. The van der Waals surface area contributed by atoms with Crippen LogP contribution in [0.15, 0.2) is 65.2 Å². The molecule has 0 aliphatic carbocycles. The highest BCUT2D eigenvalue weighted by Crippen LogP contribution is 2.22. The molecule has 1 heterocycles. The second kappa shape index (κ2) is 6.13. The van der Waals surface area contributed by atoms with Crippen molar-refractivity contribution in [3.05, 3.63) is 77.7 Å².